The molecule has 0 bridgehead atoms. The largest absolute Gasteiger partial charge is 0.378 e. The van der Waals surface area contributed by atoms with Crippen LogP contribution in [0, 0.1) is 0 Å². The van der Waals surface area contributed by atoms with Crippen molar-refractivity contribution in [3.05, 3.63) is 27.9 Å². The molecular formula is C14H24N4O2. The maximum Gasteiger partial charge on any atom is 0.251 e. The Morgan fingerprint density at radius 2 is 2.20 bits per heavy atom. The first-order valence-corrected chi connectivity index (χ1v) is 7.28. The molecule has 6 nitrogen and oxygen atoms in total. The van der Waals surface area contributed by atoms with Gasteiger partial charge in [0.2, 0.25) is 0 Å². The number of nitrogens with zero attached hydrogens (tertiary/aromatic N) is 2. The van der Waals surface area contributed by atoms with E-state index in [1.54, 1.807) is 7.11 Å². The lowest BCUT2D eigenvalue weighted by atomic mass is 10.1. The van der Waals surface area contributed by atoms with Gasteiger partial charge in [0.1, 0.15) is 5.82 Å². The standard InChI is InChI=1S/C14H24N4O2/c1-3-4-12(18-7-5-15-6-8-18)14-16-11(10-20-2)9-13(19)17-14/h9,12,15H,3-8,10H2,1-2H3,(H,16,17,19). The molecule has 1 aromatic rings. The lowest BCUT2D eigenvalue weighted by molar-refractivity contribution is 0.155. The van der Waals surface area contributed by atoms with Crippen molar-refractivity contribution in [2.24, 2.45) is 0 Å². The highest BCUT2D eigenvalue weighted by Gasteiger charge is 2.23. The van der Waals surface area contributed by atoms with Gasteiger partial charge < -0.3 is 15.0 Å². The Morgan fingerprint density at radius 1 is 1.45 bits per heavy atom. The van der Waals surface area contributed by atoms with Crippen molar-refractivity contribution in [1.29, 1.82) is 0 Å². The molecule has 2 heterocycles. The zero-order valence-electron chi connectivity index (χ0n) is 12.3. The molecule has 1 saturated heterocycles. The molecule has 1 aliphatic heterocycles. The van der Waals surface area contributed by atoms with E-state index in [1.807, 2.05) is 0 Å². The average molecular weight is 280 g/mol. The van der Waals surface area contributed by atoms with Gasteiger partial charge in [-0.05, 0) is 6.42 Å². The average Bonchev–Trinajstić information content (AvgIpc) is 2.45. The highest BCUT2D eigenvalue weighted by atomic mass is 16.5. The van der Waals surface area contributed by atoms with E-state index in [4.69, 9.17) is 4.74 Å². The van der Waals surface area contributed by atoms with Gasteiger partial charge in [0.25, 0.3) is 5.56 Å². The summed E-state index contributed by atoms with van der Waals surface area (Å²) >= 11 is 0. The lowest BCUT2D eigenvalue weighted by Crippen LogP contribution is -2.45. The Morgan fingerprint density at radius 3 is 2.85 bits per heavy atom. The first kappa shape index (κ1) is 15.2. The van der Waals surface area contributed by atoms with Gasteiger partial charge in [-0.25, -0.2) is 4.98 Å². The van der Waals surface area contributed by atoms with Crippen LogP contribution in [0.4, 0.5) is 0 Å². The van der Waals surface area contributed by atoms with Crippen LogP contribution >= 0.6 is 0 Å². The van der Waals surface area contributed by atoms with Crippen LogP contribution in [-0.2, 0) is 11.3 Å². The Kier molecular flexibility index (Phi) is 5.70. The number of rotatable bonds is 6. The molecule has 2 N–H and O–H groups in total. The molecule has 1 aromatic heterocycles. The molecule has 6 heteroatoms. The van der Waals surface area contributed by atoms with Crippen molar-refractivity contribution < 1.29 is 4.74 Å². The van der Waals surface area contributed by atoms with Crippen LogP contribution in [0.3, 0.4) is 0 Å². The number of ether oxygens (including phenoxy) is 1. The summed E-state index contributed by atoms with van der Waals surface area (Å²) in [5.41, 5.74) is 0.598. The Hall–Kier alpha value is -1.24. The molecule has 1 unspecified atom stereocenters. The molecule has 0 amide bonds. The van der Waals surface area contributed by atoms with Gasteiger partial charge in [-0.2, -0.15) is 0 Å². The number of H-pyrrole nitrogens is 1. The molecular weight excluding hydrogens is 256 g/mol. The lowest BCUT2D eigenvalue weighted by Gasteiger charge is -2.34. The molecule has 0 aliphatic carbocycles. The van der Waals surface area contributed by atoms with Crippen LogP contribution in [0.5, 0.6) is 0 Å². The first-order chi connectivity index (χ1) is 9.74. The van der Waals surface area contributed by atoms with E-state index < -0.39 is 0 Å². The fourth-order valence-electron chi connectivity index (χ4n) is 2.67. The van der Waals surface area contributed by atoms with Crippen molar-refractivity contribution in [3.8, 4) is 0 Å². The third kappa shape index (κ3) is 3.88. The molecule has 1 atom stereocenters. The summed E-state index contributed by atoms with van der Waals surface area (Å²) in [5, 5.41) is 3.35. The molecule has 1 fully saturated rings. The Balaban J connectivity index is 2.25. The number of aromatic amines is 1. The summed E-state index contributed by atoms with van der Waals surface area (Å²) in [5.74, 6) is 0.772. The summed E-state index contributed by atoms with van der Waals surface area (Å²) in [7, 11) is 1.61. The quantitative estimate of drug-likeness (QED) is 0.801. The van der Waals surface area contributed by atoms with Crippen LogP contribution in [0.25, 0.3) is 0 Å². The predicted molar refractivity (Wildman–Crippen MR) is 77.7 cm³/mol. The van der Waals surface area contributed by atoms with E-state index in [2.05, 4.69) is 27.1 Å². The monoisotopic (exact) mass is 280 g/mol. The number of hydrogen-bond donors (Lipinski definition) is 2. The summed E-state index contributed by atoms with van der Waals surface area (Å²) in [4.78, 5) is 21.7. The van der Waals surface area contributed by atoms with Crippen LogP contribution in [0.15, 0.2) is 10.9 Å². The fraction of sp³-hybridized carbons (Fsp3) is 0.714. The summed E-state index contributed by atoms with van der Waals surface area (Å²) in [6.07, 6.45) is 2.06. The minimum atomic E-state index is -0.0988. The third-order valence-corrected chi connectivity index (χ3v) is 3.58. The zero-order chi connectivity index (χ0) is 14.4. The first-order valence-electron chi connectivity index (χ1n) is 7.28. The van der Waals surface area contributed by atoms with Crippen molar-refractivity contribution in [2.45, 2.75) is 32.4 Å². The molecule has 0 aromatic carbocycles. The SMILES string of the molecule is CCCC(c1nc(COC)cc(=O)[nH]1)N1CCNCC1. The van der Waals surface area contributed by atoms with Gasteiger partial charge in [0.15, 0.2) is 0 Å². The van der Waals surface area contributed by atoms with Crippen LogP contribution in [0.1, 0.15) is 37.3 Å². The number of hydrogen-bond acceptors (Lipinski definition) is 5. The summed E-state index contributed by atoms with van der Waals surface area (Å²) in [6.45, 7) is 6.49. The minimum absolute atomic E-state index is 0.0988. The van der Waals surface area contributed by atoms with E-state index in [0.29, 0.717) is 12.3 Å². The second kappa shape index (κ2) is 7.52. The van der Waals surface area contributed by atoms with Crippen molar-refractivity contribution in [1.82, 2.24) is 20.2 Å². The molecule has 1 aliphatic rings. The highest BCUT2D eigenvalue weighted by Crippen LogP contribution is 2.22. The second-order valence-corrected chi connectivity index (χ2v) is 5.15. The summed E-state index contributed by atoms with van der Waals surface area (Å²) < 4.78 is 5.08. The van der Waals surface area contributed by atoms with Crippen LogP contribution in [0.2, 0.25) is 0 Å². The Bertz CT molecular complexity index is 468. The van der Waals surface area contributed by atoms with E-state index in [1.165, 1.54) is 6.07 Å². The minimum Gasteiger partial charge on any atom is -0.378 e. The van der Waals surface area contributed by atoms with Gasteiger partial charge >= 0.3 is 0 Å². The van der Waals surface area contributed by atoms with Gasteiger partial charge in [0.05, 0.1) is 18.3 Å². The topological polar surface area (TPSA) is 70.2 Å². The maximum absolute atomic E-state index is 11.8. The number of aromatic nitrogens is 2. The molecule has 0 spiro atoms. The van der Waals surface area contributed by atoms with Gasteiger partial charge in [-0.15, -0.1) is 0 Å². The number of methoxy groups -OCH3 is 1. The van der Waals surface area contributed by atoms with Crippen LogP contribution < -0.4 is 10.9 Å². The summed E-state index contributed by atoms with van der Waals surface area (Å²) in [6, 6.07) is 1.69. The van der Waals surface area contributed by atoms with Crippen molar-refractivity contribution in [2.75, 3.05) is 33.3 Å². The van der Waals surface area contributed by atoms with E-state index in [-0.39, 0.29) is 11.6 Å². The molecule has 20 heavy (non-hydrogen) atoms. The molecule has 2 rings (SSSR count). The van der Waals surface area contributed by atoms with Gasteiger partial charge in [-0.3, -0.25) is 9.69 Å². The molecule has 0 radical (unpaired) electrons. The highest BCUT2D eigenvalue weighted by molar-refractivity contribution is 5.05. The van der Waals surface area contributed by atoms with E-state index in [0.717, 1.165) is 44.8 Å². The zero-order valence-corrected chi connectivity index (χ0v) is 12.3. The van der Waals surface area contributed by atoms with Gasteiger partial charge in [0, 0.05) is 39.4 Å². The van der Waals surface area contributed by atoms with Crippen molar-refractivity contribution in [3.63, 3.8) is 0 Å². The number of nitrogens with one attached hydrogen (secondary N) is 2. The molecule has 0 saturated carbocycles. The fourth-order valence-corrected chi connectivity index (χ4v) is 2.67. The maximum atomic E-state index is 11.8. The van der Waals surface area contributed by atoms with Crippen LogP contribution in [-0.4, -0.2) is 48.2 Å². The van der Waals surface area contributed by atoms with E-state index >= 15 is 0 Å². The number of piperazine rings is 1. The molecule has 112 valence electrons. The van der Waals surface area contributed by atoms with E-state index in [9.17, 15) is 4.79 Å². The third-order valence-electron chi connectivity index (χ3n) is 3.58. The van der Waals surface area contributed by atoms with Crippen molar-refractivity contribution >= 4 is 0 Å². The Labute approximate surface area is 119 Å². The smallest absolute Gasteiger partial charge is 0.251 e. The van der Waals surface area contributed by atoms with Gasteiger partial charge in [-0.1, -0.05) is 13.3 Å². The normalized spacial score (nSPS) is 18.1. The second-order valence-electron chi connectivity index (χ2n) is 5.15. The predicted octanol–water partition coefficient (Wildman–Crippen LogP) is 0.663.